The van der Waals surface area contributed by atoms with Crippen LogP contribution in [0.3, 0.4) is 0 Å². The van der Waals surface area contributed by atoms with Crippen molar-refractivity contribution >= 4 is 15.9 Å². The van der Waals surface area contributed by atoms with Gasteiger partial charge in [-0.1, -0.05) is 6.92 Å². The van der Waals surface area contributed by atoms with Gasteiger partial charge in [-0.05, 0) is 47.8 Å². The second-order valence-corrected chi connectivity index (χ2v) is 4.77. The highest BCUT2D eigenvalue weighted by molar-refractivity contribution is 9.10. The van der Waals surface area contributed by atoms with Crippen molar-refractivity contribution in [2.24, 2.45) is 5.92 Å². The summed E-state index contributed by atoms with van der Waals surface area (Å²) in [6, 6.07) is 0.611. The third kappa shape index (κ3) is 2.01. The summed E-state index contributed by atoms with van der Waals surface area (Å²) in [5.41, 5.74) is 0. The maximum Gasteiger partial charge on any atom is 0.0632 e. The lowest BCUT2D eigenvalue weighted by molar-refractivity contribution is 0.164. The smallest absolute Gasteiger partial charge is 0.0632 e. The molecule has 2 atom stereocenters. The summed E-state index contributed by atoms with van der Waals surface area (Å²) in [5, 5.41) is 7.74. The number of nitrogens with zero attached hydrogens (tertiary/aromatic N) is 2. The molecule has 14 heavy (non-hydrogen) atoms. The standard InChI is InChI=1S/C10H16BrN3/c1-2-12-5-8-3-4-10(8)14-7-9(11)6-13-14/h6-8,10,12H,2-5H2,1H3. The summed E-state index contributed by atoms with van der Waals surface area (Å²) >= 11 is 3.43. The first-order valence-corrected chi connectivity index (χ1v) is 6.01. The average Bonchev–Trinajstić information content (AvgIpc) is 2.51. The number of rotatable bonds is 4. The molecule has 1 N–H and O–H groups in total. The fourth-order valence-corrected chi connectivity index (χ4v) is 2.27. The van der Waals surface area contributed by atoms with E-state index in [2.05, 4.69) is 44.1 Å². The molecule has 78 valence electrons. The lowest BCUT2D eigenvalue weighted by atomic mass is 9.79. The van der Waals surface area contributed by atoms with E-state index in [0.29, 0.717) is 6.04 Å². The molecule has 1 aliphatic carbocycles. The zero-order valence-corrected chi connectivity index (χ0v) is 10.00. The van der Waals surface area contributed by atoms with Gasteiger partial charge in [0.05, 0.1) is 16.7 Å². The molecule has 4 heteroatoms. The minimum atomic E-state index is 0.611. The van der Waals surface area contributed by atoms with Crippen LogP contribution in [0.5, 0.6) is 0 Å². The SMILES string of the molecule is CCNCC1CCC1n1cc(Br)cn1. The van der Waals surface area contributed by atoms with Crippen LogP contribution in [0.1, 0.15) is 25.8 Å². The van der Waals surface area contributed by atoms with Crippen LogP contribution in [0.25, 0.3) is 0 Å². The van der Waals surface area contributed by atoms with Gasteiger partial charge in [0.25, 0.3) is 0 Å². The zero-order valence-electron chi connectivity index (χ0n) is 8.41. The lowest BCUT2D eigenvalue weighted by Crippen LogP contribution is -2.37. The average molecular weight is 258 g/mol. The van der Waals surface area contributed by atoms with Gasteiger partial charge in [0.1, 0.15) is 0 Å². The molecule has 3 nitrogen and oxygen atoms in total. The van der Waals surface area contributed by atoms with Gasteiger partial charge in [-0.25, -0.2) is 0 Å². The van der Waals surface area contributed by atoms with Crippen molar-refractivity contribution in [1.82, 2.24) is 15.1 Å². The Morgan fingerprint density at radius 1 is 1.64 bits per heavy atom. The molecule has 1 aromatic rings. The first kappa shape index (κ1) is 10.2. The van der Waals surface area contributed by atoms with Gasteiger partial charge in [0.2, 0.25) is 0 Å². The van der Waals surface area contributed by atoms with Crippen LogP contribution in [0.2, 0.25) is 0 Å². The van der Waals surface area contributed by atoms with Crippen LogP contribution in [0, 0.1) is 5.92 Å². The van der Waals surface area contributed by atoms with Gasteiger partial charge in [0, 0.05) is 6.20 Å². The summed E-state index contributed by atoms with van der Waals surface area (Å²) in [7, 11) is 0. The predicted molar refractivity (Wildman–Crippen MR) is 60.2 cm³/mol. The van der Waals surface area contributed by atoms with E-state index in [1.165, 1.54) is 12.8 Å². The molecule has 0 aromatic carbocycles. The van der Waals surface area contributed by atoms with Crippen molar-refractivity contribution in [3.63, 3.8) is 0 Å². The Labute approximate surface area is 93.0 Å². The summed E-state index contributed by atoms with van der Waals surface area (Å²) in [5.74, 6) is 0.766. The Morgan fingerprint density at radius 3 is 3.00 bits per heavy atom. The van der Waals surface area contributed by atoms with E-state index in [-0.39, 0.29) is 0 Å². The number of halogens is 1. The van der Waals surface area contributed by atoms with Crippen molar-refractivity contribution in [1.29, 1.82) is 0 Å². The normalized spacial score (nSPS) is 26.1. The molecule has 1 aromatic heterocycles. The molecule has 0 saturated heterocycles. The van der Waals surface area contributed by atoms with Crippen LogP contribution in [-0.4, -0.2) is 22.9 Å². The second kappa shape index (κ2) is 4.45. The second-order valence-electron chi connectivity index (χ2n) is 3.85. The van der Waals surface area contributed by atoms with Crippen molar-refractivity contribution in [3.05, 3.63) is 16.9 Å². The molecule has 1 aliphatic rings. The molecule has 0 aliphatic heterocycles. The summed E-state index contributed by atoms with van der Waals surface area (Å²) < 4.78 is 3.17. The van der Waals surface area contributed by atoms with E-state index in [9.17, 15) is 0 Å². The molecular weight excluding hydrogens is 242 g/mol. The van der Waals surface area contributed by atoms with Gasteiger partial charge in [-0.15, -0.1) is 0 Å². The molecule has 1 saturated carbocycles. The molecule has 0 spiro atoms. The first-order chi connectivity index (χ1) is 6.81. The molecule has 1 fully saturated rings. The molecule has 2 rings (SSSR count). The van der Waals surface area contributed by atoms with Gasteiger partial charge in [-0.3, -0.25) is 4.68 Å². The largest absolute Gasteiger partial charge is 0.317 e. The minimum absolute atomic E-state index is 0.611. The molecule has 1 heterocycles. The molecule has 0 radical (unpaired) electrons. The summed E-state index contributed by atoms with van der Waals surface area (Å²) in [6.45, 7) is 4.34. The summed E-state index contributed by atoms with van der Waals surface area (Å²) in [4.78, 5) is 0. The van der Waals surface area contributed by atoms with Gasteiger partial charge < -0.3 is 5.32 Å². The third-order valence-electron chi connectivity index (χ3n) is 2.94. The number of hydrogen-bond donors (Lipinski definition) is 1. The van der Waals surface area contributed by atoms with Crippen molar-refractivity contribution in [3.8, 4) is 0 Å². The quantitative estimate of drug-likeness (QED) is 0.897. The lowest BCUT2D eigenvalue weighted by Gasteiger charge is -2.36. The molecular formula is C10H16BrN3. The topological polar surface area (TPSA) is 29.9 Å². The number of hydrogen-bond acceptors (Lipinski definition) is 2. The minimum Gasteiger partial charge on any atom is -0.317 e. The molecule has 0 amide bonds. The Morgan fingerprint density at radius 2 is 2.50 bits per heavy atom. The van der Waals surface area contributed by atoms with Crippen molar-refractivity contribution < 1.29 is 0 Å². The summed E-state index contributed by atoms with van der Waals surface area (Å²) in [6.07, 6.45) is 6.53. The number of aromatic nitrogens is 2. The van der Waals surface area contributed by atoms with E-state index >= 15 is 0 Å². The van der Waals surface area contributed by atoms with Crippen LogP contribution in [0.15, 0.2) is 16.9 Å². The zero-order chi connectivity index (χ0) is 9.97. The van der Waals surface area contributed by atoms with E-state index in [1.807, 2.05) is 6.20 Å². The highest BCUT2D eigenvalue weighted by Crippen LogP contribution is 2.37. The van der Waals surface area contributed by atoms with Crippen LogP contribution < -0.4 is 5.32 Å². The maximum absolute atomic E-state index is 4.34. The van der Waals surface area contributed by atoms with E-state index in [1.54, 1.807) is 0 Å². The first-order valence-electron chi connectivity index (χ1n) is 5.21. The Bertz CT molecular complexity index is 297. The molecule has 0 bridgehead atoms. The fourth-order valence-electron chi connectivity index (χ4n) is 1.96. The predicted octanol–water partition coefficient (Wildman–Crippen LogP) is 2.21. The Kier molecular flexibility index (Phi) is 3.23. The van der Waals surface area contributed by atoms with E-state index in [4.69, 9.17) is 0 Å². The van der Waals surface area contributed by atoms with E-state index < -0.39 is 0 Å². The Balaban J connectivity index is 1.92. The fraction of sp³-hybridized carbons (Fsp3) is 0.700. The highest BCUT2D eigenvalue weighted by Gasteiger charge is 2.32. The van der Waals surface area contributed by atoms with Gasteiger partial charge >= 0.3 is 0 Å². The molecule has 2 unspecified atom stereocenters. The van der Waals surface area contributed by atoms with E-state index in [0.717, 1.165) is 23.5 Å². The highest BCUT2D eigenvalue weighted by atomic mass is 79.9. The Hall–Kier alpha value is -0.350. The maximum atomic E-state index is 4.34. The van der Waals surface area contributed by atoms with Crippen LogP contribution in [-0.2, 0) is 0 Å². The van der Waals surface area contributed by atoms with Crippen LogP contribution >= 0.6 is 15.9 Å². The number of nitrogens with one attached hydrogen (secondary N) is 1. The third-order valence-corrected chi connectivity index (χ3v) is 3.35. The monoisotopic (exact) mass is 257 g/mol. The van der Waals surface area contributed by atoms with Crippen molar-refractivity contribution in [2.75, 3.05) is 13.1 Å². The van der Waals surface area contributed by atoms with Crippen molar-refractivity contribution in [2.45, 2.75) is 25.8 Å². The van der Waals surface area contributed by atoms with Gasteiger partial charge in [-0.2, -0.15) is 5.10 Å². The van der Waals surface area contributed by atoms with Gasteiger partial charge in [0.15, 0.2) is 0 Å². The van der Waals surface area contributed by atoms with Crippen LogP contribution in [0.4, 0.5) is 0 Å².